The van der Waals surface area contributed by atoms with Crippen molar-refractivity contribution in [2.24, 2.45) is 0 Å². The molecule has 1 aromatic carbocycles. The zero-order valence-electron chi connectivity index (χ0n) is 21.4. The third-order valence-electron chi connectivity index (χ3n) is 5.44. The Kier molecular flexibility index (Phi) is 12.2. The van der Waals surface area contributed by atoms with Crippen LogP contribution in [0.1, 0.15) is 78.1 Å². The molecule has 0 saturated carbocycles. The van der Waals surface area contributed by atoms with E-state index < -0.39 is 14.6 Å². The molecule has 1 aromatic rings. The average Bonchev–Trinajstić information content (AvgIpc) is 2.78. The SMILES string of the molecule is CC1CC[C@H](OC(=O)c2ccccc2)[C@@H](OP(OCCC#N)N(C(C)C)C(C)C)C(C)(C)SS1. The fraction of sp³-hybridized carbons (Fsp3) is 0.680. The molecule has 2 unspecified atom stereocenters. The average molecular weight is 527 g/mol. The number of benzene rings is 1. The van der Waals surface area contributed by atoms with Crippen LogP contribution in [0.15, 0.2) is 30.3 Å². The summed E-state index contributed by atoms with van der Waals surface area (Å²) in [7, 11) is 2.17. The summed E-state index contributed by atoms with van der Waals surface area (Å²) in [5.41, 5.74) is 0.537. The van der Waals surface area contributed by atoms with Crippen molar-refractivity contribution < 1.29 is 18.6 Å². The van der Waals surface area contributed by atoms with Crippen LogP contribution in [0.25, 0.3) is 0 Å². The van der Waals surface area contributed by atoms with Gasteiger partial charge in [0, 0.05) is 17.3 Å². The van der Waals surface area contributed by atoms with E-state index in [4.69, 9.17) is 19.0 Å². The Hall–Kier alpha value is -0.810. The van der Waals surface area contributed by atoms with Crippen molar-refractivity contribution in [3.8, 4) is 6.07 Å². The van der Waals surface area contributed by atoms with Gasteiger partial charge in [-0.05, 0) is 66.5 Å². The highest BCUT2D eigenvalue weighted by Crippen LogP contribution is 2.54. The van der Waals surface area contributed by atoms with E-state index in [2.05, 4.69) is 59.2 Å². The first-order chi connectivity index (χ1) is 16.1. The minimum absolute atomic E-state index is 0.192. The highest BCUT2D eigenvalue weighted by molar-refractivity contribution is 8.77. The monoisotopic (exact) mass is 526 g/mol. The molecule has 190 valence electrons. The lowest BCUT2D eigenvalue weighted by Gasteiger charge is -2.44. The number of hydrogen-bond acceptors (Lipinski definition) is 8. The van der Waals surface area contributed by atoms with Gasteiger partial charge in [0.05, 0.1) is 29.4 Å². The summed E-state index contributed by atoms with van der Waals surface area (Å²) in [6, 6.07) is 11.6. The van der Waals surface area contributed by atoms with Gasteiger partial charge in [-0.2, -0.15) is 5.26 Å². The van der Waals surface area contributed by atoms with Crippen LogP contribution < -0.4 is 0 Å². The van der Waals surface area contributed by atoms with Crippen LogP contribution in [0.4, 0.5) is 0 Å². The molecule has 1 fully saturated rings. The molecule has 0 bridgehead atoms. The van der Waals surface area contributed by atoms with E-state index in [9.17, 15) is 4.79 Å². The molecule has 0 aliphatic carbocycles. The zero-order chi connectivity index (χ0) is 25.3. The van der Waals surface area contributed by atoms with Gasteiger partial charge >= 0.3 is 5.97 Å². The fourth-order valence-corrected chi connectivity index (χ4v) is 8.51. The molecule has 0 N–H and O–H groups in total. The molecule has 9 heteroatoms. The van der Waals surface area contributed by atoms with Crippen LogP contribution >= 0.6 is 30.1 Å². The number of carbonyl (C=O) groups excluding carboxylic acids is 1. The standard InChI is InChI=1S/C25H39N2O4PS2/c1-18(2)27(19(3)4)32(29-17-11-16-26)31-23-22(15-14-20(5)33-34-25(23,6)7)30-24(28)21-12-9-8-10-13-21/h8-10,12-13,18-20,22-23H,11,14-15,17H2,1-7H3/t20?,22-,23+,32?/m0/s1. The fourth-order valence-electron chi connectivity index (χ4n) is 3.79. The Morgan fingerprint density at radius 1 is 1.21 bits per heavy atom. The molecule has 2 rings (SSSR count). The molecular formula is C25H39N2O4PS2. The largest absolute Gasteiger partial charge is 0.456 e. The molecular weight excluding hydrogens is 487 g/mol. The second-order valence-corrected chi connectivity index (χ2v) is 14.3. The minimum Gasteiger partial charge on any atom is -0.456 e. The van der Waals surface area contributed by atoms with Crippen molar-refractivity contribution in [3.05, 3.63) is 35.9 Å². The Bertz CT molecular complexity index is 796. The second-order valence-electron chi connectivity index (χ2n) is 9.55. The first kappa shape index (κ1) is 29.4. The lowest BCUT2D eigenvalue weighted by atomic mass is 9.96. The van der Waals surface area contributed by atoms with Crippen LogP contribution in [-0.4, -0.2) is 51.5 Å². The highest BCUT2D eigenvalue weighted by atomic mass is 33.1. The summed E-state index contributed by atoms with van der Waals surface area (Å²) in [5.74, 6) is -0.333. The Balaban J connectivity index is 2.38. The lowest BCUT2D eigenvalue weighted by molar-refractivity contribution is -0.0273. The summed E-state index contributed by atoms with van der Waals surface area (Å²) in [6.07, 6.45) is 1.15. The molecule has 6 nitrogen and oxygen atoms in total. The van der Waals surface area contributed by atoms with E-state index >= 15 is 0 Å². The van der Waals surface area contributed by atoms with Gasteiger partial charge in [0.25, 0.3) is 8.53 Å². The molecule has 0 aromatic heterocycles. The second kappa shape index (κ2) is 14.1. The summed E-state index contributed by atoms with van der Waals surface area (Å²) in [6.45, 7) is 15.3. The summed E-state index contributed by atoms with van der Waals surface area (Å²) in [5, 5.41) is 9.49. The third-order valence-corrected chi connectivity index (χ3v) is 11.4. The highest BCUT2D eigenvalue weighted by Gasteiger charge is 2.45. The Morgan fingerprint density at radius 3 is 2.44 bits per heavy atom. The normalized spacial score (nSPS) is 23.9. The molecule has 0 amide bonds. The van der Waals surface area contributed by atoms with Crippen molar-refractivity contribution in [2.45, 2.75) is 102 Å². The van der Waals surface area contributed by atoms with Crippen molar-refractivity contribution in [1.82, 2.24) is 4.67 Å². The van der Waals surface area contributed by atoms with Crippen LogP contribution in [0.5, 0.6) is 0 Å². The number of ether oxygens (including phenoxy) is 1. The predicted molar refractivity (Wildman–Crippen MR) is 144 cm³/mol. The van der Waals surface area contributed by atoms with Gasteiger partial charge in [0.1, 0.15) is 12.2 Å². The minimum atomic E-state index is -1.47. The van der Waals surface area contributed by atoms with E-state index in [0.717, 1.165) is 6.42 Å². The quantitative estimate of drug-likeness (QED) is 0.137. The smallest absolute Gasteiger partial charge is 0.338 e. The number of nitriles is 1. The van der Waals surface area contributed by atoms with Crippen LogP contribution in [0.3, 0.4) is 0 Å². The van der Waals surface area contributed by atoms with Gasteiger partial charge in [-0.25, -0.2) is 9.46 Å². The maximum absolute atomic E-state index is 13.0. The molecule has 1 aliphatic heterocycles. The summed E-state index contributed by atoms with van der Waals surface area (Å²) in [4.78, 5) is 13.0. The third kappa shape index (κ3) is 8.69. The number of esters is 1. The van der Waals surface area contributed by atoms with Crippen LogP contribution in [0, 0.1) is 11.3 Å². The van der Waals surface area contributed by atoms with E-state index in [0.29, 0.717) is 30.3 Å². The number of rotatable bonds is 10. The Labute approximate surface area is 214 Å². The molecule has 1 saturated heterocycles. The topological polar surface area (TPSA) is 71.8 Å². The molecule has 1 heterocycles. The van der Waals surface area contributed by atoms with E-state index in [1.165, 1.54) is 0 Å². The maximum atomic E-state index is 13.0. The van der Waals surface area contributed by atoms with Gasteiger partial charge in [0.2, 0.25) is 0 Å². The van der Waals surface area contributed by atoms with Crippen molar-refractivity contribution >= 4 is 36.1 Å². The van der Waals surface area contributed by atoms with E-state index in [1.54, 1.807) is 22.9 Å². The van der Waals surface area contributed by atoms with Crippen LogP contribution in [-0.2, 0) is 13.8 Å². The van der Waals surface area contributed by atoms with Crippen molar-refractivity contribution in [1.29, 1.82) is 5.26 Å². The van der Waals surface area contributed by atoms with Crippen molar-refractivity contribution in [2.75, 3.05) is 6.61 Å². The summed E-state index contributed by atoms with van der Waals surface area (Å²) >= 11 is 0. The van der Waals surface area contributed by atoms with E-state index in [-0.39, 0.29) is 28.9 Å². The van der Waals surface area contributed by atoms with Gasteiger partial charge in [-0.1, -0.05) is 46.7 Å². The van der Waals surface area contributed by atoms with Crippen molar-refractivity contribution in [3.63, 3.8) is 0 Å². The van der Waals surface area contributed by atoms with Gasteiger partial charge in [-0.15, -0.1) is 0 Å². The number of nitrogens with zero attached hydrogens (tertiary/aromatic N) is 2. The van der Waals surface area contributed by atoms with Gasteiger partial charge < -0.3 is 13.8 Å². The maximum Gasteiger partial charge on any atom is 0.338 e. The zero-order valence-corrected chi connectivity index (χ0v) is 23.9. The lowest BCUT2D eigenvalue weighted by Crippen LogP contribution is -2.48. The predicted octanol–water partition coefficient (Wildman–Crippen LogP) is 7.22. The molecule has 0 spiro atoms. The number of carbonyl (C=O) groups is 1. The van der Waals surface area contributed by atoms with E-state index in [1.807, 2.05) is 29.0 Å². The van der Waals surface area contributed by atoms with Gasteiger partial charge in [-0.3, -0.25) is 0 Å². The first-order valence-electron chi connectivity index (χ1n) is 11.9. The molecule has 34 heavy (non-hydrogen) atoms. The molecule has 0 radical (unpaired) electrons. The molecule has 1 aliphatic rings. The summed E-state index contributed by atoms with van der Waals surface area (Å²) < 4.78 is 21.0. The first-order valence-corrected chi connectivity index (χ1v) is 15.3. The van der Waals surface area contributed by atoms with Crippen LogP contribution in [0.2, 0.25) is 0 Å². The molecule has 4 atom stereocenters. The Morgan fingerprint density at radius 2 is 1.85 bits per heavy atom. The van der Waals surface area contributed by atoms with Gasteiger partial charge in [0.15, 0.2) is 0 Å². The number of hydrogen-bond donors (Lipinski definition) is 0.